The van der Waals surface area contributed by atoms with Crippen molar-refractivity contribution in [3.8, 4) is 45.3 Å². The number of halogens is 18. The van der Waals surface area contributed by atoms with Crippen LogP contribution in [-0.4, -0.2) is 12.2 Å². The van der Waals surface area contributed by atoms with Gasteiger partial charge in [-0.1, -0.05) is 145 Å². The first-order chi connectivity index (χ1) is 63.1. The van der Waals surface area contributed by atoms with Crippen LogP contribution in [0, 0.1) is 202 Å². The molecule has 0 N–H and O–H groups in total. The molecule has 0 fully saturated rings. The Morgan fingerprint density at radius 3 is 0.962 bits per heavy atom. The molecule has 16 aromatic carbocycles. The molecule has 0 bridgehead atoms. The maximum Gasteiger partial charge on any atom is 0.201 e. The summed E-state index contributed by atoms with van der Waals surface area (Å²) in [6.07, 6.45) is 3.18. The van der Waals surface area contributed by atoms with Gasteiger partial charge in [0.2, 0.25) is 11.6 Å². The van der Waals surface area contributed by atoms with Gasteiger partial charge in [-0.05, 0) is 283 Å². The first-order valence-electron chi connectivity index (χ1n) is 42.8. The Kier molecular flexibility index (Phi) is 27.9. The molecular formula is C110H90F18O5. The number of hydrogen-bond donors (Lipinski definition) is 0. The van der Waals surface area contributed by atoms with Crippen molar-refractivity contribution in [2.24, 2.45) is 0 Å². The van der Waals surface area contributed by atoms with E-state index in [1.165, 1.54) is 39.0 Å². The molecule has 2 unspecified atom stereocenters. The summed E-state index contributed by atoms with van der Waals surface area (Å²) < 4.78 is 274. The van der Waals surface area contributed by atoms with Crippen molar-refractivity contribution in [2.45, 2.75) is 162 Å². The molecule has 2 atom stereocenters. The average molecular weight is 1830 g/mol. The zero-order valence-electron chi connectivity index (χ0n) is 75.4. The van der Waals surface area contributed by atoms with E-state index in [1.807, 2.05) is 51.1 Å². The molecule has 0 radical (unpaired) electrons. The Morgan fingerprint density at radius 2 is 0.564 bits per heavy atom. The standard InChI is InChI=1S/C16H10F4.C16H12F2.2C15H12F2O.C14H10F2O.C12H10F2.2C11H12F2O/c1-7-5-9-3-4-10-6-8(2)14(18)16(20)12(10)11(9)15(19)13(7)17;1-9-3-5-11-12-6-4-10(2)16(18)14(12)8-7-13(11)15(9)17;2*1-8-3-5-10-11-6-4-9(2)14(17)15(11)18-7-12(10)13(8)16;1-7-3-5-9-10-6-4-8(2)12(16)14(10)17-13(9)11(7)15;1-7-3-4-10-9(5-7)6-11(13)8(2)12(10)14;2*1-6-5-8-4-3-7(2)14-11(8)10(13)9(6)12/h3-6H,1-2H3;3-8H,1-2H3;2*3-6H,7H2,1-2H3;3-6H,1-2H3;3-6H,1-2H3;2*5,7H,3-4H2,1-2H3. The lowest BCUT2D eigenvalue weighted by molar-refractivity contribution is 0.180. The number of benzene rings is 16. The van der Waals surface area contributed by atoms with Crippen molar-refractivity contribution in [3.63, 3.8) is 0 Å². The highest BCUT2D eigenvalue weighted by Gasteiger charge is 2.30. The van der Waals surface area contributed by atoms with Crippen LogP contribution < -0.4 is 18.9 Å². The molecule has 5 nitrogen and oxygen atoms in total. The van der Waals surface area contributed by atoms with E-state index in [9.17, 15) is 79.0 Å². The summed E-state index contributed by atoms with van der Waals surface area (Å²) in [5, 5.41) is 5.18. The maximum atomic E-state index is 14.1. The van der Waals surface area contributed by atoms with Crippen LogP contribution >= 0.6 is 0 Å². The van der Waals surface area contributed by atoms with Gasteiger partial charge in [0.25, 0.3) is 0 Å². The smallest absolute Gasteiger partial charge is 0.201 e. The number of rotatable bonds is 0. The second-order valence-electron chi connectivity index (χ2n) is 34.0. The molecule has 21 rings (SSSR count). The molecule has 17 aromatic rings. The molecule has 0 saturated carbocycles. The van der Waals surface area contributed by atoms with Crippen molar-refractivity contribution in [3.05, 3.63) is 375 Å². The number of furan rings is 1. The van der Waals surface area contributed by atoms with E-state index < -0.39 is 69.8 Å². The van der Waals surface area contributed by atoms with E-state index in [-0.39, 0.29) is 122 Å². The molecule has 0 amide bonds. The zero-order valence-corrected chi connectivity index (χ0v) is 75.4. The number of hydrogen-bond acceptors (Lipinski definition) is 5. The van der Waals surface area contributed by atoms with Crippen LogP contribution in [0.3, 0.4) is 0 Å². The van der Waals surface area contributed by atoms with Crippen molar-refractivity contribution >= 4 is 75.8 Å². The van der Waals surface area contributed by atoms with Gasteiger partial charge >= 0.3 is 0 Å². The molecule has 23 heteroatoms. The van der Waals surface area contributed by atoms with Gasteiger partial charge in [-0.2, -0.15) is 8.78 Å². The summed E-state index contributed by atoms with van der Waals surface area (Å²) in [5.41, 5.74) is 12.0. The minimum atomic E-state index is -1.15. The molecule has 0 aliphatic carbocycles. The van der Waals surface area contributed by atoms with Crippen molar-refractivity contribution in [2.75, 3.05) is 0 Å². The van der Waals surface area contributed by atoms with Crippen LogP contribution in [0.15, 0.2) is 174 Å². The van der Waals surface area contributed by atoms with E-state index >= 15 is 0 Å². The van der Waals surface area contributed by atoms with E-state index in [1.54, 1.807) is 191 Å². The predicted octanol–water partition coefficient (Wildman–Crippen LogP) is 32.5. The van der Waals surface area contributed by atoms with E-state index in [0.717, 1.165) is 64.3 Å². The van der Waals surface area contributed by atoms with Gasteiger partial charge < -0.3 is 23.4 Å². The highest BCUT2D eigenvalue weighted by atomic mass is 19.2. The molecule has 4 aliphatic rings. The summed E-state index contributed by atoms with van der Waals surface area (Å²) >= 11 is 0. The lowest BCUT2D eigenvalue weighted by atomic mass is 9.94. The number of ether oxygens (including phenoxy) is 4. The molecule has 133 heavy (non-hydrogen) atoms. The second-order valence-corrected chi connectivity index (χ2v) is 34.0. The predicted molar refractivity (Wildman–Crippen MR) is 488 cm³/mol. The lowest BCUT2D eigenvalue weighted by Crippen LogP contribution is -2.20. The van der Waals surface area contributed by atoms with E-state index in [4.69, 9.17) is 23.4 Å². The van der Waals surface area contributed by atoms with E-state index in [2.05, 4.69) is 0 Å². The first-order valence-corrected chi connectivity index (χ1v) is 42.8. The third kappa shape index (κ3) is 18.7. The Morgan fingerprint density at radius 1 is 0.241 bits per heavy atom. The largest absolute Gasteiger partial charge is 0.487 e. The van der Waals surface area contributed by atoms with Gasteiger partial charge in [-0.15, -0.1) is 0 Å². The molecule has 1 aromatic heterocycles. The SMILES string of the molecule is Cc1cc2c(c(F)c1F)OC(C)CC2.Cc1cc2c(c(F)c1F)OC(C)CC2.Cc1cc2ccc3cc(C)c(F)c(F)c3c2c(F)c1F.Cc1ccc2c(F)c(C)c(F)cc2c1.Cc1ccc2c(c1F)COc1c-2ccc(C)c1F.Cc1ccc2c(c1F)COc1c-2ccc(C)c1F.Cc1ccc2c(ccc3c(F)c(C)ccc32)c1F.Cc1ccc2c(oc3c(F)c(C)ccc32)c1F. The summed E-state index contributed by atoms with van der Waals surface area (Å²) in [5.74, 6) is -10.5. The zero-order chi connectivity index (χ0) is 96.2. The number of fused-ring (bicyclic) bond motifs is 18. The second kappa shape index (κ2) is 38.8. The maximum absolute atomic E-state index is 14.1. The number of aryl methyl sites for hydroxylation is 15. The van der Waals surface area contributed by atoms with Crippen LogP contribution in [0.1, 0.15) is 127 Å². The fraction of sp³-hybridized carbons (Fsp3) is 0.218. The third-order valence-electron chi connectivity index (χ3n) is 24.3. The van der Waals surface area contributed by atoms with Crippen LogP contribution in [0.5, 0.6) is 23.0 Å². The normalized spacial score (nSPS) is 13.5. The molecule has 0 saturated heterocycles. The summed E-state index contributed by atoms with van der Waals surface area (Å²) in [4.78, 5) is 0. The quantitative estimate of drug-likeness (QED) is 0.112. The molecular weight excluding hydrogens is 1740 g/mol. The van der Waals surface area contributed by atoms with Crippen LogP contribution in [0.2, 0.25) is 0 Å². The summed E-state index contributed by atoms with van der Waals surface area (Å²) in [6, 6.07) is 47.3. The summed E-state index contributed by atoms with van der Waals surface area (Å²) in [7, 11) is 0. The van der Waals surface area contributed by atoms with Gasteiger partial charge in [0.15, 0.2) is 92.3 Å². The summed E-state index contributed by atoms with van der Waals surface area (Å²) in [6.45, 7) is 26.8. The minimum absolute atomic E-state index is 0.0286. The fourth-order valence-electron chi connectivity index (χ4n) is 16.5. The minimum Gasteiger partial charge on any atom is -0.487 e. The van der Waals surface area contributed by atoms with Gasteiger partial charge in [-0.25, -0.2) is 70.2 Å². The van der Waals surface area contributed by atoms with Crippen LogP contribution in [-0.2, 0) is 26.1 Å². The average Bonchev–Trinajstić information content (AvgIpc) is 1.47. The topological polar surface area (TPSA) is 50.1 Å². The van der Waals surface area contributed by atoms with Gasteiger partial charge in [-0.3, -0.25) is 0 Å². The molecule has 4 aliphatic heterocycles. The van der Waals surface area contributed by atoms with Crippen LogP contribution in [0.25, 0.3) is 98.1 Å². The lowest BCUT2D eigenvalue weighted by Gasteiger charge is -2.24. The van der Waals surface area contributed by atoms with E-state index in [0.29, 0.717) is 121 Å². The molecule has 5 heterocycles. The van der Waals surface area contributed by atoms with Crippen molar-refractivity contribution < 1.29 is 102 Å². The molecule has 686 valence electrons. The van der Waals surface area contributed by atoms with Crippen LogP contribution in [0.4, 0.5) is 79.0 Å². The van der Waals surface area contributed by atoms with Gasteiger partial charge in [0, 0.05) is 65.5 Å². The third-order valence-corrected chi connectivity index (χ3v) is 24.3. The Bertz CT molecular complexity index is 7040. The monoisotopic (exact) mass is 1830 g/mol. The van der Waals surface area contributed by atoms with Crippen molar-refractivity contribution in [1.29, 1.82) is 0 Å². The van der Waals surface area contributed by atoms with Gasteiger partial charge in [0.05, 0.1) is 12.2 Å². The fourth-order valence-corrected chi connectivity index (χ4v) is 16.5. The Hall–Kier alpha value is -13.4. The first kappa shape index (κ1) is 95.6. The Labute approximate surface area is 756 Å². The molecule has 0 spiro atoms. The Balaban J connectivity index is 0.000000122. The highest BCUT2D eigenvalue weighted by Crippen LogP contribution is 2.46. The van der Waals surface area contributed by atoms with Crippen molar-refractivity contribution in [1.82, 2.24) is 0 Å². The highest BCUT2D eigenvalue weighted by molar-refractivity contribution is 6.10. The van der Waals surface area contributed by atoms with Gasteiger partial charge in [0.1, 0.15) is 48.1 Å².